The molecule has 1 aliphatic rings. The number of rotatable bonds is 3. The number of aliphatic imine (C=N–C) groups is 1. The van der Waals surface area contributed by atoms with Crippen LogP contribution in [0.1, 0.15) is 0 Å². The maximum atomic E-state index is 11.8. The average Bonchev–Trinajstić information content (AvgIpc) is 2.47. The summed E-state index contributed by atoms with van der Waals surface area (Å²) in [5.74, 6) is 0.217. The number of guanidine groups is 1. The Hall–Kier alpha value is -2.08. The SMILES string of the molecule is NC(=NCC(=O)N1CCOCC1)Nc1ccccc1. The predicted molar refractivity (Wildman–Crippen MR) is 74.0 cm³/mol. The Morgan fingerprint density at radius 2 is 2.00 bits per heavy atom. The summed E-state index contributed by atoms with van der Waals surface area (Å²) in [5, 5.41) is 2.93. The Kier molecular flexibility index (Phi) is 4.74. The van der Waals surface area contributed by atoms with Gasteiger partial charge in [-0.05, 0) is 12.1 Å². The van der Waals surface area contributed by atoms with Gasteiger partial charge in [-0.3, -0.25) is 4.79 Å². The van der Waals surface area contributed by atoms with Crippen molar-refractivity contribution in [3.63, 3.8) is 0 Å². The Labute approximate surface area is 112 Å². The molecule has 1 aromatic rings. The summed E-state index contributed by atoms with van der Waals surface area (Å²) >= 11 is 0. The fourth-order valence-corrected chi connectivity index (χ4v) is 1.77. The van der Waals surface area contributed by atoms with E-state index in [1.807, 2.05) is 30.3 Å². The van der Waals surface area contributed by atoms with Gasteiger partial charge in [0, 0.05) is 18.8 Å². The molecule has 6 nitrogen and oxygen atoms in total. The van der Waals surface area contributed by atoms with Crippen molar-refractivity contribution in [3.8, 4) is 0 Å². The lowest BCUT2D eigenvalue weighted by Crippen LogP contribution is -2.42. The quantitative estimate of drug-likeness (QED) is 0.605. The molecule has 6 heteroatoms. The summed E-state index contributed by atoms with van der Waals surface area (Å²) in [6.45, 7) is 2.49. The molecule has 1 fully saturated rings. The number of ether oxygens (including phenoxy) is 1. The van der Waals surface area contributed by atoms with E-state index in [2.05, 4.69) is 10.3 Å². The number of nitrogens with zero attached hydrogens (tertiary/aromatic N) is 2. The van der Waals surface area contributed by atoms with E-state index >= 15 is 0 Å². The van der Waals surface area contributed by atoms with Gasteiger partial charge in [-0.1, -0.05) is 18.2 Å². The van der Waals surface area contributed by atoms with Gasteiger partial charge in [0.2, 0.25) is 5.91 Å². The highest BCUT2D eigenvalue weighted by molar-refractivity contribution is 5.93. The number of amides is 1. The summed E-state index contributed by atoms with van der Waals surface area (Å²) in [5.41, 5.74) is 6.58. The van der Waals surface area contributed by atoms with E-state index < -0.39 is 0 Å². The molecule has 1 aliphatic heterocycles. The highest BCUT2D eigenvalue weighted by Crippen LogP contribution is 2.04. The summed E-state index contributed by atoms with van der Waals surface area (Å²) in [6, 6.07) is 9.47. The minimum atomic E-state index is -0.0267. The second kappa shape index (κ2) is 6.75. The van der Waals surface area contributed by atoms with Crippen molar-refractivity contribution in [2.45, 2.75) is 0 Å². The lowest BCUT2D eigenvalue weighted by Gasteiger charge is -2.26. The summed E-state index contributed by atoms with van der Waals surface area (Å²) in [7, 11) is 0. The van der Waals surface area contributed by atoms with Gasteiger partial charge >= 0.3 is 0 Å². The van der Waals surface area contributed by atoms with Gasteiger partial charge in [-0.2, -0.15) is 0 Å². The summed E-state index contributed by atoms with van der Waals surface area (Å²) in [4.78, 5) is 17.6. The van der Waals surface area contributed by atoms with Crippen LogP contribution in [0, 0.1) is 0 Å². The van der Waals surface area contributed by atoms with Crippen molar-refractivity contribution in [2.24, 2.45) is 10.7 Å². The molecule has 0 atom stereocenters. The van der Waals surface area contributed by atoms with E-state index in [1.165, 1.54) is 0 Å². The van der Waals surface area contributed by atoms with Gasteiger partial charge in [0.25, 0.3) is 0 Å². The van der Waals surface area contributed by atoms with Gasteiger partial charge in [-0.15, -0.1) is 0 Å². The highest BCUT2D eigenvalue weighted by Gasteiger charge is 2.15. The summed E-state index contributed by atoms with van der Waals surface area (Å²) in [6.07, 6.45) is 0. The molecule has 0 aromatic heterocycles. The fraction of sp³-hybridized carbons (Fsp3) is 0.385. The number of hydrogen-bond acceptors (Lipinski definition) is 3. The first-order chi connectivity index (χ1) is 9.25. The Balaban J connectivity index is 1.82. The third-order valence-electron chi connectivity index (χ3n) is 2.79. The summed E-state index contributed by atoms with van der Waals surface area (Å²) < 4.78 is 5.19. The zero-order chi connectivity index (χ0) is 13.5. The van der Waals surface area contributed by atoms with E-state index in [0.29, 0.717) is 26.3 Å². The molecule has 102 valence electrons. The standard InChI is InChI=1S/C13H18N4O2/c14-13(16-11-4-2-1-3-5-11)15-10-12(18)17-6-8-19-9-7-17/h1-5H,6-10H2,(H3,14,15,16). The van der Waals surface area contributed by atoms with Crippen molar-refractivity contribution < 1.29 is 9.53 Å². The van der Waals surface area contributed by atoms with Gasteiger partial charge < -0.3 is 20.7 Å². The molecule has 0 saturated carbocycles. The van der Waals surface area contributed by atoms with Gasteiger partial charge in [-0.25, -0.2) is 4.99 Å². The largest absolute Gasteiger partial charge is 0.378 e. The van der Waals surface area contributed by atoms with Crippen molar-refractivity contribution in [1.82, 2.24) is 4.90 Å². The van der Waals surface area contributed by atoms with Crippen LogP contribution in [0.3, 0.4) is 0 Å². The number of morpholine rings is 1. The lowest BCUT2D eigenvalue weighted by molar-refractivity contribution is -0.133. The van der Waals surface area contributed by atoms with E-state index in [0.717, 1.165) is 5.69 Å². The van der Waals surface area contributed by atoms with Crippen LogP contribution in [0.15, 0.2) is 35.3 Å². The van der Waals surface area contributed by atoms with Gasteiger partial charge in [0.15, 0.2) is 5.96 Å². The Morgan fingerprint density at radius 1 is 1.32 bits per heavy atom. The molecule has 0 aliphatic carbocycles. The number of carbonyl (C=O) groups is 1. The number of nitrogens with one attached hydrogen (secondary N) is 1. The number of benzene rings is 1. The van der Waals surface area contributed by atoms with Crippen LogP contribution in [0.5, 0.6) is 0 Å². The number of hydrogen-bond donors (Lipinski definition) is 2. The van der Waals surface area contributed by atoms with Crippen LogP contribution < -0.4 is 11.1 Å². The molecule has 0 spiro atoms. The molecule has 0 unspecified atom stereocenters. The van der Waals surface area contributed by atoms with E-state index in [1.54, 1.807) is 4.90 Å². The maximum Gasteiger partial charge on any atom is 0.244 e. The topological polar surface area (TPSA) is 80.0 Å². The molecular formula is C13H18N4O2. The normalized spacial score (nSPS) is 16.2. The second-order valence-electron chi connectivity index (χ2n) is 4.19. The van der Waals surface area contributed by atoms with Crippen LogP contribution >= 0.6 is 0 Å². The molecule has 0 bridgehead atoms. The number of carbonyl (C=O) groups excluding carboxylic acids is 1. The molecule has 1 amide bonds. The minimum absolute atomic E-state index is 0.0267. The molecule has 3 N–H and O–H groups in total. The molecule has 19 heavy (non-hydrogen) atoms. The van der Waals surface area contributed by atoms with Crippen LogP contribution in [0.2, 0.25) is 0 Å². The number of anilines is 1. The van der Waals surface area contributed by atoms with Crippen LogP contribution in [0.4, 0.5) is 5.69 Å². The molecule has 1 aromatic carbocycles. The molecule has 1 heterocycles. The van der Waals surface area contributed by atoms with Crippen LogP contribution in [-0.2, 0) is 9.53 Å². The smallest absolute Gasteiger partial charge is 0.244 e. The first kappa shape index (κ1) is 13.4. The zero-order valence-electron chi connectivity index (χ0n) is 10.7. The van der Waals surface area contributed by atoms with Crippen molar-refractivity contribution in [2.75, 3.05) is 38.2 Å². The van der Waals surface area contributed by atoms with Gasteiger partial charge in [0.05, 0.1) is 13.2 Å². The molecule has 0 radical (unpaired) electrons. The molecule has 2 rings (SSSR count). The monoisotopic (exact) mass is 262 g/mol. The third kappa shape index (κ3) is 4.26. The average molecular weight is 262 g/mol. The van der Waals surface area contributed by atoms with Gasteiger partial charge in [0.1, 0.15) is 6.54 Å². The van der Waals surface area contributed by atoms with Crippen molar-refractivity contribution in [1.29, 1.82) is 0 Å². The van der Waals surface area contributed by atoms with E-state index in [-0.39, 0.29) is 18.4 Å². The first-order valence-corrected chi connectivity index (χ1v) is 6.23. The van der Waals surface area contributed by atoms with Crippen molar-refractivity contribution in [3.05, 3.63) is 30.3 Å². The Bertz CT molecular complexity index is 441. The second-order valence-corrected chi connectivity index (χ2v) is 4.19. The fourth-order valence-electron chi connectivity index (χ4n) is 1.77. The highest BCUT2D eigenvalue weighted by atomic mass is 16.5. The maximum absolute atomic E-state index is 11.8. The van der Waals surface area contributed by atoms with E-state index in [4.69, 9.17) is 10.5 Å². The van der Waals surface area contributed by atoms with Crippen LogP contribution in [0.25, 0.3) is 0 Å². The Morgan fingerprint density at radius 3 is 2.68 bits per heavy atom. The first-order valence-electron chi connectivity index (χ1n) is 6.23. The third-order valence-corrected chi connectivity index (χ3v) is 2.79. The van der Waals surface area contributed by atoms with Crippen LogP contribution in [-0.4, -0.2) is 49.6 Å². The number of nitrogens with two attached hydrogens (primary N) is 1. The lowest BCUT2D eigenvalue weighted by atomic mass is 10.3. The van der Waals surface area contributed by atoms with Crippen molar-refractivity contribution >= 4 is 17.6 Å². The van der Waals surface area contributed by atoms with E-state index in [9.17, 15) is 4.79 Å². The zero-order valence-corrected chi connectivity index (χ0v) is 10.7. The molecular weight excluding hydrogens is 244 g/mol. The molecule has 1 saturated heterocycles. The minimum Gasteiger partial charge on any atom is -0.378 e. The number of para-hydroxylation sites is 1. The predicted octanol–water partition coefficient (Wildman–Crippen LogP) is 0.272.